The molecule has 5 heteroatoms. The van der Waals surface area contributed by atoms with Crippen LogP contribution in [0.4, 0.5) is 0 Å². The van der Waals surface area contributed by atoms with Crippen LogP contribution in [-0.2, 0) is 4.79 Å². The lowest BCUT2D eigenvalue weighted by Gasteiger charge is -2.11. The van der Waals surface area contributed by atoms with Crippen LogP contribution >= 0.6 is 11.6 Å². The van der Waals surface area contributed by atoms with Crippen molar-refractivity contribution in [2.45, 2.75) is 19.4 Å². The fourth-order valence-electron chi connectivity index (χ4n) is 1.22. The molecule has 1 aromatic heterocycles. The summed E-state index contributed by atoms with van der Waals surface area (Å²) in [7, 11) is 0. The van der Waals surface area contributed by atoms with Crippen molar-refractivity contribution in [3.05, 3.63) is 28.5 Å². The summed E-state index contributed by atoms with van der Waals surface area (Å²) in [5.74, 6) is -0.936. The maximum absolute atomic E-state index is 10.4. The van der Waals surface area contributed by atoms with E-state index in [2.05, 4.69) is 4.98 Å². The first kappa shape index (κ1) is 10.9. The third-order valence-corrected chi connectivity index (χ3v) is 2.04. The van der Waals surface area contributed by atoms with Crippen LogP contribution < -0.4 is 5.73 Å². The molecule has 76 valence electrons. The lowest BCUT2D eigenvalue weighted by atomic mass is 10.1. The Hall–Kier alpha value is -1.13. The lowest BCUT2D eigenvalue weighted by molar-refractivity contribution is -0.137. The van der Waals surface area contributed by atoms with E-state index < -0.39 is 12.0 Å². The molecule has 0 bridgehead atoms. The summed E-state index contributed by atoms with van der Waals surface area (Å²) in [5.41, 5.74) is 7.05. The van der Waals surface area contributed by atoms with Crippen LogP contribution in [0.25, 0.3) is 0 Å². The first-order chi connectivity index (χ1) is 6.50. The topological polar surface area (TPSA) is 76.2 Å². The number of aryl methyl sites for hydroxylation is 1. The molecular weight excluding hydrogens is 204 g/mol. The third-order valence-electron chi connectivity index (χ3n) is 1.83. The van der Waals surface area contributed by atoms with Crippen LogP contribution in [0.5, 0.6) is 0 Å². The van der Waals surface area contributed by atoms with Crippen LogP contribution in [-0.4, -0.2) is 16.1 Å². The smallest absolute Gasteiger partial charge is 0.305 e. The maximum atomic E-state index is 10.4. The van der Waals surface area contributed by atoms with Gasteiger partial charge in [-0.1, -0.05) is 11.6 Å². The summed E-state index contributed by atoms with van der Waals surface area (Å²) in [6.07, 6.45) is 1.33. The second-order valence-corrected chi connectivity index (χ2v) is 3.50. The average Bonchev–Trinajstić information content (AvgIpc) is 2.01. The Kier molecular flexibility index (Phi) is 3.43. The maximum Gasteiger partial charge on any atom is 0.305 e. The van der Waals surface area contributed by atoms with E-state index in [1.54, 1.807) is 13.0 Å². The van der Waals surface area contributed by atoms with Crippen molar-refractivity contribution in [2.75, 3.05) is 0 Å². The van der Waals surface area contributed by atoms with Crippen molar-refractivity contribution >= 4 is 17.6 Å². The zero-order valence-corrected chi connectivity index (χ0v) is 8.45. The van der Waals surface area contributed by atoms with Gasteiger partial charge in [-0.2, -0.15) is 0 Å². The zero-order chi connectivity index (χ0) is 10.7. The lowest BCUT2D eigenvalue weighted by Crippen LogP contribution is -2.17. The number of pyridine rings is 1. The molecule has 14 heavy (non-hydrogen) atoms. The molecule has 4 nitrogen and oxygen atoms in total. The molecule has 0 fully saturated rings. The van der Waals surface area contributed by atoms with E-state index in [1.165, 1.54) is 6.20 Å². The molecule has 0 saturated carbocycles. The monoisotopic (exact) mass is 214 g/mol. The van der Waals surface area contributed by atoms with Crippen molar-refractivity contribution in [3.63, 3.8) is 0 Å². The molecule has 0 aromatic carbocycles. The van der Waals surface area contributed by atoms with E-state index in [-0.39, 0.29) is 6.42 Å². The molecule has 1 atom stereocenters. The molecule has 1 aromatic rings. The summed E-state index contributed by atoms with van der Waals surface area (Å²) in [6, 6.07) is 1.13. The number of carboxylic acids is 1. The fourth-order valence-corrected chi connectivity index (χ4v) is 1.44. The van der Waals surface area contributed by atoms with Crippen molar-refractivity contribution in [3.8, 4) is 0 Å². The quantitative estimate of drug-likeness (QED) is 0.800. The Labute approximate surface area is 86.7 Å². The number of aliphatic carboxylic acids is 1. The number of halogens is 1. The summed E-state index contributed by atoms with van der Waals surface area (Å²) in [4.78, 5) is 14.4. The van der Waals surface area contributed by atoms with E-state index in [4.69, 9.17) is 22.4 Å². The third kappa shape index (κ3) is 2.68. The van der Waals surface area contributed by atoms with Crippen LogP contribution in [0.15, 0.2) is 12.3 Å². The molecule has 1 rings (SSSR count). The van der Waals surface area contributed by atoms with Gasteiger partial charge in [-0.3, -0.25) is 9.78 Å². The van der Waals surface area contributed by atoms with Crippen LogP contribution in [0.1, 0.15) is 23.7 Å². The van der Waals surface area contributed by atoms with Crippen molar-refractivity contribution in [1.82, 2.24) is 4.98 Å². The minimum Gasteiger partial charge on any atom is -0.481 e. The normalized spacial score (nSPS) is 12.5. The molecule has 0 aliphatic rings. The highest BCUT2D eigenvalue weighted by Gasteiger charge is 2.14. The standard InChI is InChI=1S/C9H11ClN2O2/c1-5-2-6(10)4-12-9(5)7(11)3-8(13)14/h2,4,7H,3,11H2,1H3,(H,13,14). The molecule has 3 N–H and O–H groups in total. The number of hydrogen-bond donors (Lipinski definition) is 2. The molecule has 0 saturated heterocycles. The minimum atomic E-state index is -0.936. The van der Waals surface area contributed by atoms with Crippen molar-refractivity contribution in [1.29, 1.82) is 0 Å². The van der Waals surface area contributed by atoms with Crippen LogP contribution in [0.3, 0.4) is 0 Å². The molecular formula is C9H11ClN2O2. The average molecular weight is 215 g/mol. The van der Waals surface area contributed by atoms with Gasteiger partial charge >= 0.3 is 5.97 Å². The van der Waals surface area contributed by atoms with Gasteiger partial charge in [0.1, 0.15) is 0 Å². The summed E-state index contributed by atoms with van der Waals surface area (Å²) in [5, 5.41) is 9.08. The highest BCUT2D eigenvalue weighted by atomic mass is 35.5. The summed E-state index contributed by atoms with van der Waals surface area (Å²) < 4.78 is 0. The number of aromatic nitrogens is 1. The minimum absolute atomic E-state index is 0.129. The van der Waals surface area contributed by atoms with E-state index in [0.717, 1.165) is 5.56 Å². The van der Waals surface area contributed by atoms with Gasteiger partial charge in [0.15, 0.2) is 0 Å². The summed E-state index contributed by atoms with van der Waals surface area (Å²) >= 11 is 5.71. The van der Waals surface area contributed by atoms with Crippen molar-refractivity contribution in [2.24, 2.45) is 5.73 Å². The van der Waals surface area contributed by atoms with Gasteiger partial charge in [-0.15, -0.1) is 0 Å². The van der Waals surface area contributed by atoms with E-state index in [9.17, 15) is 4.79 Å². The second kappa shape index (κ2) is 4.39. The van der Waals surface area contributed by atoms with E-state index in [1.807, 2.05) is 0 Å². The molecule has 1 unspecified atom stereocenters. The molecule has 1 heterocycles. The highest BCUT2D eigenvalue weighted by Crippen LogP contribution is 2.18. The second-order valence-electron chi connectivity index (χ2n) is 3.06. The van der Waals surface area contributed by atoms with Gasteiger partial charge in [0, 0.05) is 6.20 Å². The molecule has 0 aliphatic heterocycles. The van der Waals surface area contributed by atoms with E-state index >= 15 is 0 Å². The van der Waals surface area contributed by atoms with Gasteiger partial charge in [-0.05, 0) is 18.6 Å². The van der Waals surface area contributed by atoms with Gasteiger partial charge in [0.25, 0.3) is 0 Å². The Morgan fingerprint density at radius 2 is 2.43 bits per heavy atom. The molecule has 0 spiro atoms. The van der Waals surface area contributed by atoms with Gasteiger partial charge < -0.3 is 10.8 Å². The Morgan fingerprint density at radius 1 is 1.79 bits per heavy atom. The first-order valence-electron chi connectivity index (χ1n) is 4.10. The van der Waals surface area contributed by atoms with Crippen LogP contribution in [0, 0.1) is 6.92 Å². The van der Waals surface area contributed by atoms with E-state index in [0.29, 0.717) is 10.7 Å². The number of carbonyl (C=O) groups is 1. The Balaban J connectivity index is 2.90. The highest BCUT2D eigenvalue weighted by molar-refractivity contribution is 6.30. The zero-order valence-electron chi connectivity index (χ0n) is 7.70. The predicted molar refractivity (Wildman–Crippen MR) is 53.2 cm³/mol. The van der Waals surface area contributed by atoms with Crippen LogP contribution in [0.2, 0.25) is 5.02 Å². The van der Waals surface area contributed by atoms with Gasteiger partial charge in [0.2, 0.25) is 0 Å². The number of nitrogens with two attached hydrogens (primary N) is 1. The number of hydrogen-bond acceptors (Lipinski definition) is 3. The fraction of sp³-hybridized carbons (Fsp3) is 0.333. The predicted octanol–water partition coefficient (Wildman–Crippen LogP) is 1.52. The van der Waals surface area contributed by atoms with Gasteiger partial charge in [0.05, 0.1) is 23.2 Å². The Bertz CT molecular complexity index is 355. The summed E-state index contributed by atoms with van der Waals surface area (Å²) in [6.45, 7) is 1.80. The Morgan fingerprint density at radius 3 is 2.93 bits per heavy atom. The first-order valence-corrected chi connectivity index (χ1v) is 4.48. The van der Waals surface area contributed by atoms with Crippen molar-refractivity contribution < 1.29 is 9.90 Å². The number of carboxylic acid groups (broad SMARTS) is 1. The molecule has 0 amide bonds. The number of nitrogens with zero attached hydrogens (tertiary/aromatic N) is 1. The SMILES string of the molecule is Cc1cc(Cl)cnc1C(N)CC(=O)O. The number of rotatable bonds is 3. The molecule has 0 aliphatic carbocycles. The largest absolute Gasteiger partial charge is 0.481 e. The van der Waals surface area contributed by atoms with Gasteiger partial charge in [-0.25, -0.2) is 0 Å². The molecule has 0 radical (unpaired) electrons.